The lowest BCUT2D eigenvalue weighted by Crippen LogP contribution is -2.22. The summed E-state index contributed by atoms with van der Waals surface area (Å²) in [5.74, 6) is 0.928. The summed E-state index contributed by atoms with van der Waals surface area (Å²) in [6.45, 7) is 0. The number of methoxy groups -OCH3 is 1. The second-order valence-electron chi connectivity index (χ2n) is 4.35. The lowest BCUT2D eigenvalue weighted by molar-refractivity contribution is 0.106. The Kier molecular flexibility index (Phi) is 3.72. The maximum absolute atomic E-state index is 9.98. The predicted octanol–water partition coefficient (Wildman–Crippen LogP) is 3.37. The predicted molar refractivity (Wildman–Crippen MR) is 65.2 cm³/mol. The molecular formula is C13H17ClO2. The molecule has 1 aliphatic rings. The first-order valence-corrected chi connectivity index (χ1v) is 6.11. The van der Waals surface area contributed by atoms with Crippen molar-refractivity contribution in [3.05, 3.63) is 28.8 Å². The number of benzene rings is 1. The van der Waals surface area contributed by atoms with Crippen LogP contribution in [0.1, 0.15) is 37.2 Å². The van der Waals surface area contributed by atoms with Crippen molar-refractivity contribution in [3.8, 4) is 5.75 Å². The van der Waals surface area contributed by atoms with Gasteiger partial charge in [-0.2, -0.15) is 0 Å². The van der Waals surface area contributed by atoms with Gasteiger partial charge in [0.2, 0.25) is 0 Å². The van der Waals surface area contributed by atoms with E-state index in [0.717, 1.165) is 24.8 Å². The van der Waals surface area contributed by atoms with Crippen LogP contribution in [0.15, 0.2) is 18.2 Å². The average Bonchev–Trinajstić information content (AvgIpc) is 2.31. The Morgan fingerprint density at radius 3 is 2.75 bits per heavy atom. The third kappa shape index (κ3) is 2.33. The number of aliphatic hydroxyl groups excluding tert-OH is 1. The summed E-state index contributed by atoms with van der Waals surface area (Å²) >= 11 is 5.98. The normalized spacial score (nSPS) is 25.4. The lowest BCUT2D eigenvalue weighted by atomic mass is 9.82. The van der Waals surface area contributed by atoms with E-state index in [9.17, 15) is 5.11 Å². The fraction of sp³-hybridized carbons (Fsp3) is 0.538. The zero-order valence-electron chi connectivity index (χ0n) is 9.45. The molecule has 1 saturated carbocycles. The number of ether oxygens (including phenoxy) is 1. The number of hydrogen-bond donors (Lipinski definition) is 1. The molecule has 0 aliphatic heterocycles. The van der Waals surface area contributed by atoms with Crippen molar-refractivity contribution in [1.82, 2.24) is 0 Å². The third-order valence-corrected chi connectivity index (χ3v) is 3.65. The highest BCUT2D eigenvalue weighted by Crippen LogP contribution is 2.36. The minimum absolute atomic E-state index is 0.223. The van der Waals surface area contributed by atoms with Crippen molar-refractivity contribution in [3.63, 3.8) is 0 Å². The van der Waals surface area contributed by atoms with Crippen LogP contribution >= 0.6 is 11.6 Å². The standard InChI is InChI=1S/C13H17ClO2/c1-16-13-8-9(6-7-11(13)14)10-4-2-3-5-12(10)15/h6-8,10,12,15H,2-5H2,1H3. The molecule has 0 amide bonds. The van der Waals surface area contributed by atoms with Gasteiger partial charge in [0, 0.05) is 5.92 Å². The molecule has 2 unspecified atom stereocenters. The zero-order valence-corrected chi connectivity index (χ0v) is 10.2. The highest BCUT2D eigenvalue weighted by atomic mass is 35.5. The van der Waals surface area contributed by atoms with E-state index >= 15 is 0 Å². The van der Waals surface area contributed by atoms with Crippen molar-refractivity contribution in [2.75, 3.05) is 7.11 Å². The van der Waals surface area contributed by atoms with Crippen molar-refractivity contribution in [2.45, 2.75) is 37.7 Å². The van der Waals surface area contributed by atoms with Gasteiger partial charge in [0.25, 0.3) is 0 Å². The molecule has 0 heterocycles. The van der Waals surface area contributed by atoms with Crippen LogP contribution in [-0.4, -0.2) is 18.3 Å². The first-order valence-electron chi connectivity index (χ1n) is 5.74. The first kappa shape index (κ1) is 11.7. The van der Waals surface area contributed by atoms with Gasteiger partial charge < -0.3 is 9.84 Å². The van der Waals surface area contributed by atoms with Crippen LogP contribution < -0.4 is 4.74 Å². The second-order valence-corrected chi connectivity index (χ2v) is 4.76. The molecule has 0 aromatic heterocycles. The van der Waals surface area contributed by atoms with Gasteiger partial charge in [-0.05, 0) is 30.5 Å². The third-order valence-electron chi connectivity index (χ3n) is 3.33. The van der Waals surface area contributed by atoms with Crippen LogP contribution in [0.5, 0.6) is 5.75 Å². The van der Waals surface area contributed by atoms with E-state index in [4.69, 9.17) is 16.3 Å². The zero-order chi connectivity index (χ0) is 11.5. The van der Waals surface area contributed by atoms with Gasteiger partial charge >= 0.3 is 0 Å². The van der Waals surface area contributed by atoms with E-state index < -0.39 is 0 Å². The topological polar surface area (TPSA) is 29.5 Å². The van der Waals surface area contributed by atoms with Crippen LogP contribution in [0.25, 0.3) is 0 Å². The van der Waals surface area contributed by atoms with Gasteiger partial charge in [0.1, 0.15) is 5.75 Å². The van der Waals surface area contributed by atoms with Crippen molar-refractivity contribution < 1.29 is 9.84 Å². The van der Waals surface area contributed by atoms with Gasteiger partial charge in [0.15, 0.2) is 0 Å². The SMILES string of the molecule is COc1cc(C2CCCCC2O)ccc1Cl. The lowest BCUT2D eigenvalue weighted by Gasteiger charge is -2.28. The van der Waals surface area contributed by atoms with E-state index in [-0.39, 0.29) is 12.0 Å². The fourth-order valence-corrected chi connectivity index (χ4v) is 2.60. The molecule has 1 aromatic carbocycles. The summed E-state index contributed by atoms with van der Waals surface area (Å²) in [6, 6.07) is 5.78. The van der Waals surface area contributed by atoms with Crippen LogP contribution in [-0.2, 0) is 0 Å². The molecule has 16 heavy (non-hydrogen) atoms. The second kappa shape index (κ2) is 5.07. The van der Waals surface area contributed by atoms with Crippen molar-refractivity contribution >= 4 is 11.6 Å². The summed E-state index contributed by atoms with van der Waals surface area (Å²) < 4.78 is 5.20. The molecule has 88 valence electrons. The molecule has 1 aliphatic carbocycles. The van der Waals surface area contributed by atoms with Crippen LogP contribution in [0.3, 0.4) is 0 Å². The molecule has 0 radical (unpaired) electrons. The molecule has 0 spiro atoms. The number of hydrogen-bond acceptors (Lipinski definition) is 2. The minimum atomic E-state index is -0.223. The van der Waals surface area contributed by atoms with Gasteiger partial charge in [-0.3, -0.25) is 0 Å². The molecule has 1 N–H and O–H groups in total. The molecular weight excluding hydrogens is 224 g/mol. The van der Waals surface area contributed by atoms with E-state index in [1.807, 2.05) is 18.2 Å². The molecule has 1 fully saturated rings. The molecule has 2 rings (SSSR count). The number of aliphatic hydroxyl groups is 1. The Bertz CT molecular complexity index is 365. The Balaban J connectivity index is 2.25. The van der Waals surface area contributed by atoms with Crippen molar-refractivity contribution in [1.29, 1.82) is 0 Å². The Labute approximate surface area is 101 Å². The van der Waals surface area contributed by atoms with E-state index in [1.165, 1.54) is 6.42 Å². The Morgan fingerprint density at radius 2 is 2.06 bits per heavy atom. The monoisotopic (exact) mass is 240 g/mol. The molecule has 0 saturated heterocycles. The summed E-state index contributed by atoms with van der Waals surface area (Å²) in [4.78, 5) is 0. The maximum atomic E-state index is 9.98. The smallest absolute Gasteiger partial charge is 0.137 e. The molecule has 3 heteroatoms. The van der Waals surface area contributed by atoms with Gasteiger partial charge in [0.05, 0.1) is 18.2 Å². The summed E-state index contributed by atoms with van der Waals surface area (Å²) in [5.41, 5.74) is 1.13. The Morgan fingerprint density at radius 1 is 1.31 bits per heavy atom. The highest BCUT2D eigenvalue weighted by Gasteiger charge is 2.25. The highest BCUT2D eigenvalue weighted by molar-refractivity contribution is 6.32. The van der Waals surface area contributed by atoms with E-state index in [2.05, 4.69) is 0 Å². The van der Waals surface area contributed by atoms with Crippen LogP contribution in [0.2, 0.25) is 5.02 Å². The summed E-state index contributed by atoms with van der Waals surface area (Å²) in [7, 11) is 1.61. The molecule has 2 nitrogen and oxygen atoms in total. The molecule has 0 bridgehead atoms. The molecule has 1 aromatic rings. The van der Waals surface area contributed by atoms with Crippen molar-refractivity contribution in [2.24, 2.45) is 0 Å². The summed E-state index contributed by atoms with van der Waals surface area (Å²) in [5, 5.41) is 10.6. The van der Waals surface area contributed by atoms with E-state index in [1.54, 1.807) is 7.11 Å². The van der Waals surface area contributed by atoms with Gasteiger partial charge in [-0.25, -0.2) is 0 Å². The van der Waals surface area contributed by atoms with Gasteiger partial charge in [-0.15, -0.1) is 0 Å². The Hall–Kier alpha value is -0.730. The van der Waals surface area contributed by atoms with Crippen LogP contribution in [0, 0.1) is 0 Å². The quantitative estimate of drug-likeness (QED) is 0.859. The number of rotatable bonds is 2. The largest absolute Gasteiger partial charge is 0.495 e. The molecule has 2 atom stereocenters. The fourth-order valence-electron chi connectivity index (χ4n) is 2.41. The number of halogens is 1. The van der Waals surface area contributed by atoms with Crippen LogP contribution in [0.4, 0.5) is 0 Å². The first-order chi connectivity index (χ1) is 7.72. The minimum Gasteiger partial charge on any atom is -0.495 e. The average molecular weight is 241 g/mol. The van der Waals surface area contributed by atoms with E-state index in [0.29, 0.717) is 10.8 Å². The van der Waals surface area contributed by atoms with Gasteiger partial charge in [-0.1, -0.05) is 30.5 Å². The maximum Gasteiger partial charge on any atom is 0.137 e. The summed E-state index contributed by atoms with van der Waals surface area (Å²) in [6.07, 6.45) is 4.04.